The normalized spacial score (nSPS) is 14.6. The highest BCUT2D eigenvalue weighted by Crippen LogP contribution is 2.31. The molecule has 1 aliphatic rings. The minimum Gasteiger partial charge on any atom is -0.268 e. The van der Waals surface area contributed by atoms with Gasteiger partial charge in [-0.1, -0.05) is 35.3 Å². The summed E-state index contributed by atoms with van der Waals surface area (Å²) in [5, 5.41) is 4.35. The summed E-state index contributed by atoms with van der Waals surface area (Å²) >= 11 is 13.5. The van der Waals surface area contributed by atoms with Gasteiger partial charge < -0.3 is 0 Å². The minimum absolute atomic E-state index is 0.136. The molecule has 0 bridgehead atoms. The summed E-state index contributed by atoms with van der Waals surface area (Å²) in [4.78, 5) is 41.4. The zero-order chi connectivity index (χ0) is 20.5. The molecule has 2 heterocycles. The van der Waals surface area contributed by atoms with Crippen LogP contribution in [0.15, 0.2) is 70.9 Å². The monoisotopic (exact) mass is 442 g/mol. The lowest BCUT2D eigenvalue weighted by Crippen LogP contribution is -2.57. The molecule has 4 rings (SSSR count). The van der Waals surface area contributed by atoms with Crippen molar-refractivity contribution in [1.82, 2.24) is 0 Å². The molecule has 0 radical (unpaired) electrons. The SMILES string of the molecule is O=C1C(=Cc2ccsc2)C(=O)N(c2cccc(Cl)c2)C(=O)N1c1cccc(Cl)c1. The van der Waals surface area contributed by atoms with E-state index in [0.29, 0.717) is 15.6 Å². The Balaban J connectivity index is 1.89. The smallest absolute Gasteiger partial charge is 0.268 e. The van der Waals surface area contributed by atoms with Crippen molar-refractivity contribution in [2.24, 2.45) is 0 Å². The third-order valence-corrected chi connectivity index (χ3v) is 5.41. The van der Waals surface area contributed by atoms with E-state index in [-0.39, 0.29) is 16.9 Å². The van der Waals surface area contributed by atoms with Crippen LogP contribution in [-0.2, 0) is 9.59 Å². The van der Waals surface area contributed by atoms with Crippen LogP contribution in [0, 0.1) is 0 Å². The second-order valence-electron chi connectivity index (χ2n) is 6.14. The van der Waals surface area contributed by atoms with E-state index >= 15 is 0 Å². The van der Waals surface area contributed by atoms with Crippen LogP contribution < -0.4 is 9.80 Å². The summed E-state index contributed by atoms with van der Waals surface area (Å²) in [6.45, 7) is 0. The largest absolute Gasteiger partial charge is 0.343 e. The van der Waals surface area contributed by atoms with Gasteiger partial charge in [0.1, 0.15) is 5.57 Å². The topological polar surface area (TPSA) is 57.7 Å². The van der Waals surface area contributed by atoms with Gasteiger partial charge in [-0.3, -0.25) is 9.59 Å². The van der Waals surface area contributed by atoms with E-state index in [0.717, 1.165) is 9.80 Å². The molecule has 0 spiro atoms. The Labute approximate surface area is 180 Å². The maximum Gasteiger partial charge on any atom is 0.343 e. The maximum absolute atomic E-state index is 13.2. The number of benzene rings is 2. The van der Waals surface area contributed by atoms with Gasteiger partial charge in [0.05, 0.1) is 11.4 Å². The number of barbiturate groups is 1. The van der Waals surface area contributed by atoms with Crippen LogP contribution >= 0.6 is 34.5 Å². The Bertz CT molecular complexity index is 1090. The first-order chi connectivity index (χ1) is 14.0. The number of hydrogen-bond donors (Lipinski definition) is 0. The number of thiophene rings is 1. The molecule has 1 saturated heterocycles. The van der Waals surface area contributed by atoms with Crippen LogP contribution in [0.2, 0.25) is 10.0 Å². The Kier molecular flexibility index (Phi) is 5.24. The first-order valence-electron chi connectivity index (χ1n) is 8.43. The van der Waals surface area contributed by atoms with E-state index in [1.165, 1.54) is 29.5 Å². The van der Waals surface area contributed by atoms with Crippen molar-refractivity contribution < 1.29 is 14.4 Å². The number of hydrogen-bond acceptors (Lipinski definition) is 4. The molecule has 4 amide bonds. The van der Waals surface area contributed by atoms with E-state index < -0.39 is 17.8 Å². The van der Waals surface area contributed by atoms with Crippen molar-refractivity contribution in [2.45, 2.75) is 0 Å². The average molecular weight is 443 g/mol. The van der Waals surface area contributed by atoms with E-state index in [9.17, 15) is 14.4 Å². The van der Waals surface area contributed by atoms with Gasteiger partial charge in [0.15, 0.2) is 0 Å². The highest BCUT2D eigenvalue weighted by molar-refractivity contribution is 7.08. The fourth-order valence-corrected chi connectivity index (χ4v) is 3.93. The van der Waals surface area contributed by atoms with Gasteiger partial charge in [0.25, 0.3) is 11.8 Å². The molecule has 29 heavy (non-hydrogen) atoms. The van der Waals surface area contributed by atoms with Crippen LogP contribution in [0.1, 0.15) is 5.56 Å². The van der Waals surface area contributed by atoms with Gasteiger partial charge in [0.2, 0.25) is 0 Å². The Hall–Kier alpha value is -2.93. The minimum atomic E-state index is -0.799. The van der Waals surface area contributed by atoms with Crippen molar-refractivity contribution in [1.29, 1.82) is 0 Å². The van der Waals surface area contributed by atoms with E-state index in [2.05, 4.69) is 0 Å². The van der Waals surface area contributed by atoms with E-state index in [4.69, 9.17) is 23.2 Å². The lowest BCUT2D eigenvalue weighted by molar-refractivity contribution is -0.121. The van der Waals surface area contributed by atoms with Crippen molar-refractivity contribution in [3.63, 3.8) is 0 Å². The summed E-state index contributed by atoms with van der Waals surface area (Å²) in [6, 6.07) is 13.6. The molecule has 0 saturated carbocycles. The summed E-state index contributed by atoms with van der Waals surface area (Å²) in [6.07, 6.45) is 1.47. The third kappa shape index (κ3) is 3.70. The molecule has 0 atom stereocenters. The summed E-state index contributed by atoms with van der Waals surface area (Å²) in [5.74, 6) is -1.43. The fraction of sp³-hybridized carbons (Fsp3) is 0. The number of rotatable bonds is 3. The molecule has 2 aromatic carbocycles. The van der Waals surface area contributed by atoms with Crippen molar-refractivity contribution >= 4 is 69.8 Å². The number of halogens is 2. The highest BCUT2D eigenvalue weighted by Gasteiger charge is 2.43. The van der Waals surface area contributed by atoms with Gasteiger partial charge in [-0.15, -0.1) is 0 Å². The van der Waals surface area contributed by atoms with Crippen LogP contribution in [0.4, 0.5) is 16.2 Å². The molecule has 1 aliphatic heterocycles. The van der Waals surface area contributed by atoms with Gasteiger partial charge in [-0.2, -0.15) is 11.3 Å². The van der Waals surface area contributed by atoms with Gasteiger partial charge in [-0.25, -0.2) is 14.6 Å². The zero-order valence-corrected chi connectivity index (χ0v) is 17.0. The van der Waals surface area contributed by atoms with E-state index in [1.54, 1.807) is 47.8 Å². The van der Waals surface area contributed by atoms with Crippen molar-refractivity contribution in [3.8, 4) is 0 Å². The van der Waals surface area contributed by atoms with Crippen LogP contribution in [0.25, 0.3) is 6.08 Å². The lowest BCUT2D eigenvalue weighted by atomic mass is 10.1. The first kappa shape index (κ1) is 19.4. The second kappa shape index (κ2) is 7.83. The third-order valence-electron chi connectivity index (χ3n) is 4.24. The Morgan fingerprint density at radius 2 is 1.34 bits per heavy atom. The summed E-state index contributed by atoms with van der Waals surface area (Å²) < 4.78 is 0. The average Bonchev–Trinajstić information content (AvgIpc) is 3.19. The molecular formula is C21H12Cl2N2O3S. The van der Waals surface area contributed by atoms with Crippen LogP contribution in [-0.4, -0.2) is 17.8 Å². The molecule has 1 aromatic heterocycles. The number of nitrogens with zero attached hydrogens (tertiary/aromatic N) is 2. The number of anilines is 2. The number of urea groups is 1. The summed E-state index contributed by atoms with van der Waals surface area (Å²) in [7, 11) is 0. The zero-order valence-electron chi connectivity index (χ0n) is 14.7. The van der Waals surface area contributed by atoms with Crippen LogP contribution in [0.3, 0.4) is 0 Å². The predicted octanol–water partition coefficient (Wildman–Crippen LogP) is 5.64. The molecule has 5 nitrogen and oxygen atoms in total. The molecule has 1 fully saturated rings. The number of imide groups is 2. The standard InChI is InChI=1S/C21H12Cl2N2O3S/c22-14-3-1-5-16(10-14)24-19(26)18(9-13-7-8-29-12-13)20(27)25(21(24)28)17-6-2-4-15(23)11-17/h1-12H. The molecular weight excluding hydrogens is 431 g/mol. The van der Waals surface area contributed by atoms with Gasteiger partial charge in [-0.05, 0) is 64.9 Å². The maximum atomic E-state index is 13.2. The quantitative estimate of drug-likeness (QED) is 0.389. The second-order valence-corrected chi connectivity index (χ2v) is 7.79. The molecule has 8 heteroatoms. The van der Waals surface area contributed by atoms with Crippen molar-refractivity contribution in [3.05, 3.63) is 86.5 Å². The first-order valence-corrected chi connectivity index (χ1v) is 10.1. The summed E-state index contributed by atoms with van der Waals surface area (Å²) in [5.41, 5.74) is 1.09. The highest BCUT2D eigenvalue weighted by atomic mass is 35.5. The Morgan fingerprint density at radius 3 is 1.79 bits per heavy atom. The van der Waals surface area contributed by atoms with Crippen molar-refractivity contribution in [2.75, 3.05) is 9.80 Å². The van der Waals surface area contributed by atoms with E-state index in [1.807, 2.05) is 5.38 Å². The molecule has 0 N–H and O–H groups in total. The molecule has 3 aromatic rings. The lowest BCUT2D eigenvalue weighted by Gasteiger charge is -2.34. The molecule has 0 aliphatic carbocycles. The predicted molar refractivity (Wildman–Crippen MR) is 116 cm³/mol. The fourth-order valence-electron chi connectivity index (χ4n) is 2.94. The molecule has 144 valence electrons. The number of amides is 4. The number of carbonyl (C=O) groups excluding carboxylic acids is 3. The van der Waals surface area contributed by atoms with Gasteiger partial charge >= 0.3 is 6.03 Å². The molecule has 0 unspecified atom stereocenters. The van der Waals surface area contributed by atoms with Gasteiger partial charge in [0, 0.05) is 10.0 Å². The Morgan fingerprint density at radius 1 is 0.793 bits per heavy atom. The van der Waals surface area contributed by atoms with Crippen LogP contribution in [0.5, 0.6) is 0 Å². The number of carbonyl (C=O) groups is 3.